The third kappa shape index (κ3) is 3.93. The number of pyridine rings is 1. The molecule has 1 aromatic rings. The van der Waals surface area contributed by atoms with Gasteiger partial charge in [0.05, 0.1) is 11.4 Å². The van der Waals surface area contributed by atoms with E-state index in [1.165, 1.54) is 12.3 Å². The summed E-state index contributed by atoms with van der Waals surface area (Å²) in [4.78, 5) is 20.3. The highest BCUT2D eigenvalue weighted by atomic mass is 32.2. The second kappa shape index (κ2) is 6.43. The summed E-state index contributed by atoms with van der Waals surface area (Å²) >= 11 is 0. The molecule has 7 heteroatoms. The molecule has 1 aliphatic heterocycles. The van der Waals surface area contributed by atoms with Crippen molar-refractivity contribution in [2.24, 2.45) is 0 Å². The molecule has 0 N–H and O–H groups in total. The molecule has 0 bridgehead atoms. The summed E-state index contributed by atoms with van der Waals surface area (Å²) in [5.74, 6) is 0.748. The van der Waals surface area contributed by atoms with Gasteiger partial charge >= 0.3 is 0 Å². The number of hydrogen-bond acceptors (Lipinski definition) is 5. The van der Waals surface area contributed by atoms with Crippen LogP contribution in [-0.4, -0.2) is 56.6 Å². The molecule has 0 saturated carbocycles. The molecule has 2 heterocycles. The Balaban J connectivity index is 2.13. The van der Waals surface area contributed by atoms with Crippen LogP contribution in [0, 0.1) is 0 Å². The zero-order valence-corrected chi connectivity index (χ0v) is 13.3. The zero-order chi connectivity index (χ0) is 15.5. The number of carbonyl (C=O) groups is 1. The maximum Gasteiger partial charge on any atom is 0.242 e. The highest BCUT2D eigenvalue weighted by Gasteiger charge is 2.22. The second-order valence-electron chi connectivity index (χ2n) is 5.28. The molecule has 1 amide bonds. The summed E-state index contributed by atoms with van der Waals surface area (Å²) in [5, 5.41) is 0. The third-order valence-electron chi connectivity index (χ3n) is 3.50. The van der Waals surface area contributed by atoms with Crippen LogP contribution < -0.4 is 4.90 Å². The molecule has 116 valence electrons. The number of sulfone groups is 1. The standard InChI is InChI=1S/C14H21N3O3S/c1-3-7-16-8-4-9-17(11-14(16)18)13-6-5-12(10-15-13)21(2,19)20/h5-6,10H,3-4,7-9,11H2,1-2H3. The fraction of sp³-hybridized carbons (Fsp3) is 0.571. The van der Waals surface area contributed by atoms with Crippen LogP contribution in [0.25, 0.3) is 0 Å². The molecule has 1 saturated heterocycles. The van der Waals surface area contributed by atoms with Gasteiger partial charge in [0.1, 0.15) is 5.82 Å². The minimum atomic E-state index is -3.24. The first-order valence-electron chi connectivity index (χ1n) is 7.10. The van der Waals surface area contributed by atoms with Gasteiger partial charge in [-0.2, -0.15) is 0 Å². The van der Waals surface area contributed by atoms with Crippen LogP contribution in [0.15, 0.2) is 23.2 Å². The van der Waals surface area contributed by atoms with Gasteiger partial charge in [-0.25, -0.2) is 13.4 Å². The number of hydrogen-bond donors (Lipinski definition) is 0. The lowest BCUT2D eigenvalue weighted by atomic mass is 10.3. The summed E-state index contributed by atoms with van der Waals surface area (Å²) in [6.45, 7) is 4.65. The molecule has 0 spiro atoms. The molecule has 0 radical (unpaired) electrons. The maximum absolute atomic E-state index is 12.2. The zero-order valence-electron chi connectivity index (χ0n) is 12.4. The fourth-order valence-electron chi connectivity index (χ4n) is 2.40. The van der Waals surface area contributed by atoms with E-state index in [2.05, 4.69) is 11.9 Å². The molecule has 0 atom stereocenters. The summed E-state index contributed by atoms with van der Waals surface area (Å²) in [5.41, 5.74) is 0. The largest absolute Gasteiger partial charge is 0.347 e. The van der Waals surface area contributed by atoms with Crippen molar-refractivity contribution in [3.05, 3.63) is 18.3 Å². The molecule has 0 aromatic carbocycles. The number of carbonyl (C=O) groups excluding carboxylic acids is 1. The summed E-state index contributed by atoms with van der Waals surface area (Å²) in [6, 6.07) is 3.20. The lowest BCUT2D eigenvalue weighted by Crippen LogP contribution is -2.37. The Bertz CT molecular complexity index is 598. The van der Waals surface area contributed by atoms with Gasteiger partial charge in [0.15, 0.2) is 9.84 Å². The summed E-state index contributed by atoms with van der Waals surface area (Å²) in [6.07, 6.45) is 4.35. The van der Waals surface area contributed by atoms with Crippen LogP contribution in [0.2, 0.25) is 0 Å². The lowest BCUT2D eigenvalue weighted by Gasteiger charge is -2.22. The topological polar surface area (TPSA) is 70.6 Å². The van der Waals surface area contributed by atoms with Crippen molar-refractivity contribution in [1.82, 2.24) is 9.88 Å². The van der Waals surface area contributed by atoms with E-state index in [4.69, 9.17) is 0 Å². The lowest BCUT2D eigenvalue weighted by molar-refractivity contribution is -0.129. The van der Waals surface area contributed by atoms with Crippen molar-refractivity contribution in [3.63, 3.8) is 0 Å². The molecule has 1 aliphatic rings. The van der Waals surface area contributed by atoms with Crippen molar-refractivity contribution in [1.29, 1.82) is 0 Å². The van der Waals surface area contributed by atoms with E-state index in [-0.39, 0.29) is 10.8 Å². The first-order chi connectivity index (χ1) is 9.91. The van der Waals surface area contributed by atoms with Gasteiger partial charge in [-0.15, -0.1) is 0 Å². The van der Waals surface area contributed by atoms with Crippen molar-refractivity contribution in [3.8, 4) is 0 Å². The predicted molar refractivity (Wildman–Crippen MR) is 81.0 cm³/mol. The minimum Gasteiger partial charge on any atom is -0.347 e. The Kier molecular flexibility index (Phi) is 4.82. The van der Waals surface area contributed by atoms with Gasteiger partial charge < -0.3 is 9.80 Å². The van der Waals surface area contributed by atoms with Crippen LogP contribution in [0.1, 0.15) is 19.8 Å². The number of aromatic nitrogens is 1. The molecule has 1 aromatic heterocycles. The predicted octanol–water partition coefficient (Wildman–Crippen LogP) is 0.934. The van der Waals surface area contributed by atoms with E-state index in [9.17, 15) is 13.2 Å². The van der Waals surface area contributed by atoms with Gasteiger partial charge in [-0.1, -0.05) is 6.92 Å². The number of rotatable bonds is 4. The number of amides is 1. The van der Waals surface area contributed by atoms with E-state index < -0.39 is 9.84 Å². The molecule has 6 nitrogen and oxygen atoms in total. The smallest absolute Gasteiger partial charge is 0.242 e. The Morgan fingerprint density at radius 1 is 1.29 bits per heavy atom. The molecule has 1 fully saturated rings. The molecule has 2 rings (SSSR count). The van der Waals surface area contributed by atoms with Crippen molar-refractivity contribution < 1.29 is 13.2 Å². The quantitative estimate of drug-likeness (QED) is 0.827. The maximum atomic E-state index is 12.2. The molecular formula is C14H21N3O3S. The average molecular weight is 311 g/mol. The van der Waals surface area contributed by atoms with E-state index >= 15 is 0 Å². The number of nitrogens with zero attached hydrogens (tertiary/aromatic N) is 3. The third-order valence-corrected chi connectivity index (χ3v) is 4.60. The van der Waals surface area contributed by atoms with Crippen molar-refractivity contribution in [2.45, 2.75) is 24.7 Å². The molecule has 0 aliphatic carbocycles. The Hall–Kier alpha value is -1.63. The molecule has 0 unspecified atom stereocenters. The van der Waals surface area contributed by atoms with Gasteiger partial charge in [-0.05, 0) is 25.0 Å². The second-order valence-corrected chi connectivity index (χ2v) is 7.30. The average Bonchev–Trinajstić information content (AvgIpc) is 2.61. The summed E-state index contributed by atoms with van der Waals surface area (Å²) < 4.78 is 22.9. The van der Waals surface area contributed by atoms with E-state index in [0.717, 1.165) is 38.7 Å². The fourth-order valence-corrected chi connectivity index (χ4v) is 2.96. The molecule has 21 heavy (non-hydrogen) atoms. The number of anilines is 1. The van der Waals surface area contributed by atoms with Gasteiger partial charge in [-0.3, -0.25) is 4.79 Å². The van der Waals surface area contributed by atoms with Crippen LogP contribution in [0.5, 0.6) is 0 Å². The van der Waals surface area contributed by atoms with Crippen molar-refractivity contribution in [2.75, 3.05) is 37.3 Å². The van der Waals surface area contributed by atoms with Gasteiger partial charge in [0, 0.05) is 32.1 Å². The van der Waals surface area contributed by atoms with Crippen molar-refractivity contribution >= 4 is 21.6 Å². The van der Waals surface area contributed by atoms with Crippen LogP contribution >= 0.6 is 0 Å². The molecular weight excluding hydrogens is 290 g/mol. The van der Waals surface area contributed by atoms with Crippen LogP contribution in [0.4, 0.5) is 5.82 Å². The Morgan fingerprint density at radius 2 is 2.05 bits per heavy atom. The van der Waals surface area contributed by atoms with E-state index in [0.29, 0.717) is 12.4 Å². The minimum absolute atomic E-state index is 0.100. The van der Waals surface area contributed by atoms with Gasteiger partial charge in [0.2, 0.25) is 5.91 Å². The SMILES string of the molecule is CCCN1CCCN(c2ccc(S(C)(=O)=O)cn2)CC1=O. The first-order valence-corrected chi connectivity index (χ1v) is 9.00. The van der Waals surface area contributed by atoms with Crippen LogP contribution in [0.3, 0.4) is 0 Å². The summed E-state index contributed by atoms with van der Waals surface area (Å²) in [7, 11) is -3.24. The Labute approximate surface area is 125 Å². The normalized spacial score (nSPS) is 17.0. The highest BCUT2D eigenvalue weighted by Crippen LogP contribution is 2.17. The monoisotopic (exact) mass is 311 g/mol. The Morgan fingerprint density at radius 3 is 2.62 bits per heavy atom. The van der Waals surface area contributed by atoms with Crippen LogP contribution in [-0.2, 0) is 14.6 Å². The van der Waals surface area contributed by atoms with E-state index in [1.807, 2.05) is 9.80 Å². The first kappa shape index (κ1) is 15.8. The van der Waals surface area contributed by atoms with Gasteiger partial charge in [0.25, 0.3) is 0 Å². The highest BCUT2D eigenvalue weighted by molar-refractivity contribution is 7.90. The van der Waals surface area contributed by atoms with E-state index in [1.54, 1.807) is 6.07 Å².